The first kappa shape index (κ1) is 22.0. The van der Waals surface area contributed by atoms with Gasteiger partial charge in [-0.2, -0.15) is 5.26 Å². The molecule has 1 aliphatic carbocycles. The molecule has 3 aromatic carbocycles. The third-order valence-electron chi connectivity index (χ3n) is 6.69. The topological polar surface area (TPSA) is 23.8 Å². The van der Waals surface area contributed by atoms with E-state index in [0.717, 1.165) is 11.3 Å². The summed E-state index contributed by atoms with van der Waals surface area (Å²) in [4.78, 5) is 0. The minimum absolute atomic E-state index is 0.0299. The molecular formula is C29H27F2N. The van der Waals surface area contributed by atoms with Crippen molar-refractivity contribution < 1.29 is 8.78 Å². The standard InChI is InChI=1S/C29H27F2N/c1-2-3-4-20-5-9-22(10-6-20)24-15-16-27-25(18-24)14-13-23(29(27)31)11-7-21-8-12-26(19-32)28(30)17-21/h8,12-18,20,22H,2-6,9-10H2,1H3. The Balaban J connectivity index is 1.52. The molecule has 0 bridgehead atoms. The quantitative estimate of drug-likeness (QED) is 0.389. The van der Waals surface area contributed by atoms with E-state index in [-0.39, 0.29) is 16.9 Å². The van der Waals surface area contributed by atoms with E-state index < -0.39 is 5.82 Å². The number of rotatable bonds is 4. The molecule has 1 aliphatic rings. The summed E-state index contributed by atoms with van der Waals surface area (Å²) in [6.45, 7) is 2.25. The Bertz CT molecular complexity index is 1220. The van der Waals surface area contributed by atoms with E-state index in [0.29, 0.717) is 16.9 Å². The molecule has 0 atom stereocenters. The van der Waals surface area contributed by atoms with Crippen LogP contribution in [0.4, 0.5) is 8.78 Å². The third kappa shape index (κ3) is 4.84. The molecule has 3 aromatic rings. The Morgan fingerprint density at radius 1 is 0.906 bits per heavy atom. The second-order valence-electron chi connectivity index (χ2n) is 8.82. The molecule has 3 heteroatoms. The van der Waals surface area contributed by atoms with Gasteiger partial charge in [0.2, 0.25) is 0 Å². The lowest BCUT2D eigenvalue weighted by Crippen LogP contribution is -2.13. The van der Waals surface area contributed by atoms with Crippen molar-refractivity contribution in [1.82, 2.24) is 0 Å². The molecule has 0 aliphatic heterocycles. The van der Waals surface area contributed by atoms with E-state index in [1.54, 1.807) is 18.2 Å². The van der Waals surface area contributed by atoms with E-state index in [1.165, 1.54) is 62.6 Å². The number of benzene rings is 3. The van der Waals surface area contributed by atoms with Gasteiger partial charge in [-0.05, 0) is 72.7 Å². The molecule has 0 amide bonds. The second kappa shape index (κ2) is 9.97. The molecule has 0 aromatic heterocycles. The van der Waals surface area contributed by atoms with Crippen molar-refractivity contribution in [2.24, 2.45) is 5.92 Å². The fraction of sp³-hybridized carbons (Fsp3) is 0.345. The van der Waals surface area contributed by atoms with Crippen molar-refractivity contribution in [3.05, 3.63) is 82.4 Å². The average Bonchev–Trinajstić information content (AvgIpc) is 2.82. The van der Waals surface area contributed by atoms with Crippen LogP contribution < -0.4 is 0 Å². The van der Waals surface area contributed by atoms with Crippen molar-refractivity contribution >= 4 is 10.8 Å². The molecule has 0 heterocycles. The Morgan fingerprint density at radius 3 is 2.41 bits per heavy atom. The van der Waals surface area contributed by atoms with E-state index in [9.17, 15) is 4.39 Å². The summed E-state index contributed by atoms with van der Waals surface area (Å²) >= 11 is 0. The van der Waals surface area contributed by atoms with Gasteiger partial charge in [-0.3, -0.25) is 0 Å². The highest BCUT2D eigenvalue weighted by Gasteiger charge is 2.22. The zero-order valence-electron chi connectivity index (χ0n) is 18.4. The van der Waals surface area contributed by atoms with Gasteiger partial charge in [0.05, 0.1) is 11.1 Å². The lowest BCUT2D eigenvalue weighted by atomic mass is 9.77. The number of halogens is 2. The maximum atomic E-state index is 15.1. The van der Waals surface area contributed by atoms with Gasteiger partial charge in [0.1, 0.15) is 17.7 Å². The lowest BCUT2D eigenvalue weighted by Gasteiger charge is -2.29. The molecule has 0 N–H and O–H groups in total. The SMILES string of the molecule is CCCCC1CCC(c2ccc3c(F)c(C#Cc4ccc(C#N)c(F)c4)ccc3c2)CC1. The van der Waals surface area contributed by atoms with E-state index >= 15 is 4.39 Å². The third-order valence-corrected chi connectivity index (χ3v) is 6.69. The predicted octanol–water partition coefficient (Wildman–Crippen LogP) is 7.85. The molecule has 0 saturated heterocycles. The second-order valence-corrected chi connectivity index (χ2v) is 8.82. The van der Waals surface area contributed by atoms with Crippen LogP contribution in [0.2, 0.25) is 0 Å². The van der Waals surface area contributed by atoms with Crippen molar-refractivity contribution in [3.8, 4) is 17.9 Å². The molecule has 32 heavy (non-hydrogen) atoms. The number of nitriles is 1. The fourth-order valence-corrected chi connectivity index (χ4v) is 4.76. The number of hydrogen-bond acceptors (Lipinski definition) is 1. The van der Waals surface area contributed by atoms with Gasteiger partial charge < -0.3 is 0 Å². The van der Waals surface area contributed by atoms with Crippen LogP contribution in [-0.4, -0.2) is 0 Å². The zero-order valence-corrected chi connectivity index (χ0v) is 18.4. The minimum atomic E-state index is -0.620. The summed E-state index contributed by atoms with van der Waals surface area (Å²) in [5.74, 6) is 6.07. The van der Waals surface area contributed by atoms with Gasteiger partial charge in [0, 0.05) is 10.9 Å². The summed E-state index contributed by atoms with van der Waals surface area (Å²) in [5, 5.41) is 10.3. The molecule has 4 rings (SSSR count). The summed E-state index contributed by atoms with van der Waals surface area (Å²) < 4.78 is 28.9. The summed E-state index contributed by atoms with van der Waals surface area (Å²) in [7, 11) is 0. The summed E-state index contributed by atoms with van der Waals surface area (Å²) in [6, 6.07) is 15.6. The molecule has 1 saturated carbocycles. The first-order valence-corrected chi connectivity index (χ1v) is 11.5. The first-order chi connectivity index (χ1) is 15.6. The van der Waals surface area contributed by atoms with Crippen molar-refractivity contribution in [3.63, 3.8) is 0 Å². The molecule has 0 radical (unpaired) electrons. The van der Waals surface area contributed by atoms with E-state index in [1.807, 2.05) is 12.1 Å². The van der Waals surface area contributed by atoms with Crippen LogP contribution in [0.15, 0.2) is 48.5 Å². The fourth-order valence-electron chi connectivity index (χ4n) is 4.76. The Morgan fingerprint density at radius 2 is 1.69 bits per heavy atom. The number of unbranched alkanes of at least 4 members (excludes halogenated alkanes) is 1. The first-order valence-electron chi connectivity index (χ1n) is 11.5. The van der Waals surface area contributed by atoms with Crippen molar-refractivity contribution in [1.29, 1.82) is 5.26 Å². The molecule has 1 fully saturated rings. The van der Waals surface area contributed by atoms with Gasteiger partial charge >= 0.3 is 0 Å². The lowest BCUT2D eigenvalue weighted by molar-refractivity contribution is 0.304. The zero-order chi connectivity index (χ0) is 22.5. The van der Waals surface area contributed by atoms with Crippen LogP contribution in [0.1, 0.15) is 80.0 Å². The Kier molecular flexibility index (Phi) is 6.87. The molecule has 0 spiro atoms. The highest BCUT2D eigenvalue weighted by atomic mass is 19.1. The van der Waals surface area contributed by atoms with Crippen LogP contribution in [0, 0.1) is 40.7 Å². The monoisotopic (exact) mass is 427 g/mol. The summed E-state index contributed by atoms with van der Waals surface area (Å²) in [5.41, 5.74) is 1.97. The van der Waals surface area contributed by atoms with Gasteiger partial charge in [-0.25, -0.2) is 8.78 Å². The maximum Gasteiger partial charge on any atom is 0.146 e. The van der Waals surface area contributed by atoms with Crippen LogP contribution in [0.25, 0.3) is 10.8 Å². The number of nitrogens with zero attached hydrogens (tertiary/aromatic N) is 1. The Hall–Kier alpha value is -3.17. The normalized spacial score (nSPS) is 18.1. The van der Waals surface area contributed by atoms with E-state index in [4.69, 9.17) is 5.26 Å². The number of fused-ring (bicyclic) bond motifs is 1. The van der Waals surface area contributed by atoms with Crippen molar-refractivity contribution in [2.45, 2.75) is 57.8 Å². The number of hydrogen-bond donors (Lipinski definition) is 0. The Labute approximate surface area is 189 Å². The van der Waals surface area contributed by atoms with Crippen LogP contribution in [0.5, 0.6) is 0 Å². The van der Waals surface area contributed by atoms with Crippen molar-refractivity contribution in [2.75, 3.05) is 0 Å². The largest absolute Gasteiger partial charge is 0.206 e. The smallest absolute Gasteiger partial charge is 0.146 e. The van der Waals surface area contributed by atoms with E-state index in [2.05, 4.69) is 30.9 Å². The van der Waals surface area contributed by atoms with Crippen LogP contribution >= 0.6 is 0 Å². The average molecular weight is 428 g/mol. The predicted molar refractivity (Wildman–Crippen MR) is 125 cm³/mol. The van der Waals surface area contributed by atoms with Crippen LogP contribution in [-0.2, 0) is 0 Å². The molecule has 1 nitrogen and oxygen atoms in total. The van der Waals surface area contributed by atoms with Gasteiger partial charge in [0.25, 0.3) is 0 Å². The maximum absolute atomic E-state index is 15.1. The minimum Gasteiger partial charge on any atom is -0.206 e. The molecular weight excluding hydrogens is 400 g/mol. The van der Waals surface area contributed by atoms with Gasteiger partial charge in [0.15, 0.2) is 0 Å². The molecule has 0 unspecified atom stereocenters. The molecule has 162 valence electrons. The highest BCUT2D eigenvalue weighted by molar-refractivity contribution is 5.85. The summed E-state index contributed by atoms with van der Waals surface area (Å²) in [6.07, 6.45) is 8.97. The highest BCUT2D eigenvalue weighted by Crippen LogP contribution is 2.38. The van der Waals surface area contributed by atoms with Gasteiger partial charge in [-0.15, -0.1) is 0 Å². The van der Waals surface area contributed by atoms with Gasteiger partial charge in [-0.1, -0.05) is 62.3 Å². The van der Waals surface area contributed by atoms with Crippen LogP contribution in [0.3, 0.4) is 0 Å².